The molecule has 0 bridgehead atoms. The fourth-order valence-electron chi connectivity index (χ4n) is 4.52. The fourth-order valence-corrected chi connectivity index (χ4v) is 5.81. The van der Waals surface area contributed by atoms with E-state index < -0.39 is 0 Å². The molecule has 37 heavy (non-hydrogen) atoms. The van der Waals surface area contributed by atoms with Gasteiger partial charge in [-0.1, -0.05) is 61.3 Å². The number of hydrogen-bond acceptors (Lipinski definition) is 5. The van der Waals surface area contributed by atoms with Crippen molar-refractivity contribution in [2.24, 2.45) is 0 Å². The Labute approximate surface area is 226 Å². The van der Waals surface area contributed by atoms with Gasteiger partial charge in [-0.05, 0) is 70.8 Å². The average molecular weight is 532 g/mol. The lowest BCUT2D eigenvalue weighted by Gasteiger charge is -2.13. The molecule has 0 spiro atoms. The van der Waals surface area contributed by atoms with Crippen LogP contribution in [0.1, 0.15) is 43.1 Å². The van der Waals surface area contributed by atoms with Gasteiger partial charge in [0.25, 0.3) is 0 Å². The second kappa shape index (κ2) is 12.3. The first-order valence-corrected chi connectivity index (χ1v) is 14.0. The summed E-state index contributed by atoms with van der Waals surface area (Å²) in [5.41, 5.74) is 6.00. The molecule has 0 aliphatic carbocycles. The highest BCUT2D eigenvalue weighted by atomic mass is 35.5. The number of thioether (sulfide) groups is 1. The topological polar surface area (TPSA) is 79.5 Å². The number of tetrazole rings is 1. The van der Waals surface area contributed by atoms with Crippen LogP contribution in [-0.4, -0.2) is 38.0 Å². The summed E-state index contributed by atoms with van der Waals surface area (Å²) in [6.45, 7) is 2.91. The minimum atomic E-state index is 0.636. The van der Waals surface area contributed by atoms with Crippen molar-refractivity contribution in [3.63, 3.8) is 0 Å². The number of aromatic nitrogens is 5. The summed E-state index contributed by atoms with van der Waals surface area (Å²) in [4.78, 5) is 4.62. The summed E-state index contributed by atoms with van der Waals surface area (Å²) >= 11 is 8.30. The Bertz CT molecular complexity index is 1440. The first-order chi connectivity index (χ1) is 18.2. The van der Waals surface area contributed by atoms with E-state index in [0.717, 1.165) is 58.5 Å². The predicted molar refractivity (Wildman–Crippen MR) is 152 cm³/mol. The number of ether oxygens (including phenoxy) is 1. The molecule has 0 saturated heterocycles. The number of aromatic amines is 2. The van der Waals surface area contributed by atoms with Gasteiger partial charge in [-0.15, -0.1) is 16.9 Å². The standard InChI is InChI=1S/C29H30ClN5OS/c1-2-8-23-26(13-12-22-24(19-31-29(22)23)21-9-4-3-5-10-21)36-15-6-7-16-37-27-14-11-20(17-25(27)30)18-28-32-34-35-33-28/h3-5,9-14,17,19,31H,2,6-8,15-16,18H2,1H3,(H,32,33,34,35). The van der Waals surface area contributed by atoms with Crippen molar-refractivity contribution >= 4 is 34.3 Å². The van der Waals surface area contributed by atoms with Gasteiger partial charge in [-0.2, -0.15) is 0 Å². The predicted octanol–water partition coefficient (Wildman–Crippen LogP) is 7.50. The van der Waals surface area contributed by atoms with Gasteiger partial charge in [0.15, 0.2) is 5.82 Å². The third-order valence-corrected chi connectivity index (χ3v) is 7.90. The van der Waals surface area contributed by atoms with E-state index >= 15 is 0 Å². The third kappa shape index (κ3) is 6.17. The van der Waals surface area contributed by atoms with Crippen molar-refractivity contribution in [2.75, 3.05) is 12.4 Å². The Morgan fingerprint density at radius 3 is 2.70 bits per heavy atom. The molecule has 0 amide bonds. The quantitative estimate of drug-likeness (QED) is 0.129. The smallest absolute Gasteiger partial charge is 0.152 e. The van der Waals surface area contributed by atoms with E-state index in [4.69, 9.17) is 16.3 Å². The first kappa shape index (κ1) is 25.4. The molecule has 0 aliphatic rings. The molecule has 0 aliphatic heterocycles. The SMILES string of the molecule is CCCc1c(OCCCCSc2ccc(Cc3nnn[nH]3)cc2Cl)ccc2c(-c3ccccc3)c[nH]c12. The number of fused-ring (bicyclic) bond motifs is 1. The van der Waals surface area contributed by atoms with E-state index in [0.29, 0.717) is 13.0 Å². The van der Waals surface area contributed by atoms with Crippen LogP contribution in [0.25, 0.3) is 22.0 Å². The summed E-state index contributed by atoms with van der Waals surface area (Å²) in [7, 11) is 0. The maximum Gasteiger partial charge on any atom is 0.152 e. The molecular formula is C29H30ClN5OS. The van der Waals surface area contributed by atoms with E-state index in [9.17, 15) is 0 Å². The van der Waals surface area contributed by atoms with E-state index in [2.05, 4.69) is 93.3 Å². The summed E-state index contributed by atoms with van der Waals surface area (Å²) in [6, 6.07) is 21.0. The second-order valence-electron chi connectivity index (χ2n) is 8.98. The maximum absolute atomic E-state index is 6.51. The maximum atomic E-state index is 6.51. The van der Waals surface area contributed by atoms with Gasteiger partial charge in [0, 0.05) is 34.0 Å². The number of H-pyrrole nitrogens is 2. The number of aryl methyl sites for hydroxylation is 1. The molecule has 190 valence electrons. The molecule has 3 aromatic carbocycles. The number of nitrogens with zero attached hydrogens (tertiary/aromatic N) is 3. The highest BCUT2D eigenvalue weighted by Gasteiger charge is 2.14. The highest BCUT2D eigenvalue weighted by Crippen LogP contribution is 2.35. The minimum Gasteiger partial charge on any atom is -0.493 e. The van der Waals surface area contributed by atoms with Gasteiger partial charge in [0.1, 0.15) is 5.75 Å². The number of benzene rings is 3. The zero-order chi connectivity index (χ0) is 25.5. The number of nitrogens with one attached hydrogen (secondary N) is 2. The van der Waals surface area contributed by atoms with Crippen LogP contribution in [0.15, 0.2) is 71.8 Å². The molecule has 0 radical (unpaired) electrons. The Balaban J connectivity index is 1.14. The minimum absolute atomic E-state index is 0.636. The summed E-state index contributed by atoms with van der Waals surface area (Å²) in [6.07, 6.45) is 6.85. The molecule has 5 aromatic rings. The van der Waals surface area contributed by atoms with Crippen molar-refractivity contribution in [1.82, 2.24) is 25.6 Å². The third-order valence-electron chi connectivity index (χ3n) is 6.32. The Morgan fingerprint density at radius 1 is 1.03 bits per heavy atom. The molecule has 0 unspecified atom stereocenters. The molecule has 0 fully saturated rings. The second-order valence-corrected chi connectivity index (χ2v) is 10.5. The van der Waals surface area contributed by atoms with Crippen LogP contribution in [-0.2, 0) is 12.8 Å². The molecule has 0 atom stereocenters. The monoisotopic (exact) mass is 531 g/mol. The van der Waals surface area contributed by atoms with E-state index in [-0.39, 0.29) is 0 Å². The van der Waals surface area contributed by atoms with Crippen molar-refractivity contribution in [2.45, 2.75) is 43.9 Å². The van der Waals surface area contributed by atoms with Crippen LogP contribution < -0.4 is 4.74 Å². The van der Waals surface area contributed by atoms with Gasteiger partial charge >= 0.3 is 0 Å². The van der Waals surface area contributed by atoms with Gasteiger partial charge in [-0.3, -0.25) is 0 Å². The van der Waals surface area contributed by atoms with Gasteiger partial charge < -0.3 is 9.72 Å². The molecule has 2 N–H and O–H groups in total. The highest BCUT2D eigenvalue weighted by molar-refractivity contribution is 7.99. The molecule has 2 heterocycles. The van der Waals surface area contributed by atoms with E-state index in [1.54, 1.807) is 11.8 Å². The van der Waals surface area contributed by atoms with Crippen LogP contribution in [0.3, 0.4) is 0 Å². The zero-order valence-electron chi connectivity index (χ0n) is 20.8. The van der Waals surface area contributed by atoms with Gasteiger partial charge in [-0.25, -0.2) is 5.10 Å². The lowest BCUT2D eigenvalue weighted by Crippen LogP contribution is -2.01. The lowest BCUT2D eigenvalue weighted by atomic mass is 10.0. The average Bonchev–Trinajstić information content (AvgIpc) is 3.59. The van der Waals surface area contributed by atoms with Crippen LogP contribution >= 0.6 is 23.4 Å². The summed E-state index contributed by atoms with van der Waals surface area (Å²) < 4.78 is 6.28. The molecule has 6 nitrogen and oxygen atoms in total. The first-order valence-electron chi connectivity index (χ1n) is 12.7. The van der Waals surface area contributed by atoms with E-state index in [1.165, 1.54) is 27.6 Å². The summed E-state index contributed by atoms with van der Waals surface area (Å²) in [5.74, 6) is 2.71. The number of hydrogen-bond donors (Lipinski definition) is 2. The fraction of sp³-hybridized carbons (Fsp3) is 0.276. The summed E-state index contributed by atoms with van der Waals surface area (Å²) in [5, 5.41) is 15.9. The molecule has 5 rings (SSSR count). The lowest BCUT2D eigenvalue weighted by molar-refractivity contribution is 0.307. The van der Waals surface area contributed by atoms with Gasteiger partial charge in [0.05, 0.1) is 17.1 Å². The van der Waals surface area contributed by atoms with E-state index in [1.807, 2.05) is 6.07 Å². The normalized spacial score (nSPS) is 11.3. The van der Waals surface area contributed by atoms with Crippen molar-refractivity contribution in [3.05, 3.63) is 88.8 Å². The van der Waals surface area contributed by atoms with Crippen molar-refractivity contribution < 1.29 is 4.74 Å². The number of rotatable bonds is 12. The van der Waals surface area contributed by atoms with Crippen LogP contribution in [0.2, 0.25) is 5.02 Å². The van der Waals surface area contributed by atoms with Crippen LogP contribution in [0, 0.1) is 0 Å². The molecular weight excluding hydrogens is 502 g/mol. The van der Waals surface area contributed by atoms with Crippen molar-refractivity contribution in [1.29, 1.82) is 0 Å². The Hall–Kier alpha value is -3.29. The van der Waals surface area contributed by atoms with Gasteiger partial charge in [0.2, 0.25) is 0 Å². The Morgan fingerprint density at radius 2 is 1.92 bits per heavy atom. The van der Waals surface area contributed by atoms with Crippen LogP contribution in [0.5, 0.6) is 5.75 Å². The van der Waals surface area contributed by atoms with Crippen LogP contribution in [0.4, 0.5) is 0 Å². The molecule has 8 heteroatoms. The van der Waals surface area contributed by atoms with Crippen molar-refractivity contribution in [3.8, 4) is 16.9 Å². The number of halogens is 1. The largest absolute Gasteiger partial charge is 0.493 e. The number of unbranched alkanes of at least 4 members (excludes halogenated alkanes) is 1. The zero-order valence-corrected chi connectivity index (χ0v) is 22.4. The molecule has 2 aromatic heterocycles. The Kier molecular flexibility index (Phi) is 8.43. The molecule has 0 saturated carbocycles.